The van der Waals surface area contributed by atoms with Gasteiger partial charge in [-0.2, -0.15) is 0 Å². The Morgan fingerprint density at radius 2 is 1.73 bits per heavy atom. The number of hydrogen-bond acceptors (Lipinski definition) is 4. The number of carbonyl (C=O) groups excluding carboxylic acids is 1. The molecule has 1 aromatic heterocycles. The van der Waals surface area contributed by atoms with Crippen molar-refractivity contribution in [2.75, 3.05) is 13.7 Å². The van der Waals surface area contributed by atoms with E-state index in [2.05, 4.69) is 10.3 Å². The summed E-state index contributed by atoms with van der Waals surface area (Å²) in [7, 11) is 1.48. The van der Waals surface area contributed by atoms with Crippen molar-refractivity contribution in [1.29, 1.82) is 0 Å². The molecule has 0 atom stereocenters. The van der Waals surface area contributed by atoms with E-state index in [0.29, 0.717) is 46.0 Å². The van der Waals surface area contributed by atoms with Gasteiger partial charge in [-0.15, -0.1) is 0 Å². The lowest BCUT2D eigenvalue weighted by Crippen LogP contribution is -2.26. The van der Waals surface area contributed by atoms with Crippen molar-refractivity contribution >= 4 is 40.0 Å². The summed E-state index contributed by atoms with van der Waals surface area (Å²) in [6, 6.07) is 16.5. The Hall–Kier alpha value is -3.35. The van der Waals surface area contributed by atoms with Gasteiger partial charge in [-0.1, -0.05) is 35.3 Å². The Balaban J connectivity index is 1.59. The molecule has 0 saturated carbocycles. The van der Waals surface area contributed by atoms with Gasteiger partial charge in [0, 0.05) is 34.2 Å². The number of nitrogens with one attached hydrogen (secondary N) is 1. The van der Waals surface area contributed by atoms with Crippen LogP contribution in [0.5, 0.6) is 17.2 Å². The van der Waals surface area contributed by atoms with E-state index in [-0.39, 0.29) is 16.7 Å². The Morgan fingerprint density at radius 1 is 0.970 bits per heavy atom. The van der Waals surface area contributed by atoms with E-state index in [1.807, 2.05) is 24.3 Å². The molecular weight excluding hydrogens is 466 g/mol. The van der Waals surface area contributed by atoms with Gasteiger partial charge in [-0.05, 0) is 54.4 Å². The fourth-order valence-electron chi connectivity index (χ4n) is 3.33. The highest BCUT2D eigenvalue weighted by Gasteiger charge is 2.17. The highest BCUT2D eigenvalue weighted by molar-refractivity contribution is 6.30. The zero-order chi connectivity index (χ0) is 23.4. The van der Waals surface area contributed by atoms with Gasteiger partial charge in [0.15, 0.2) is 11.6 Å². The van der Waals surface area contributed by atoms with Crippen LogP contribution in [-0.2, 0) is 6.42 Å². The molecule has 0 bridgehead atoms. The van der Waals surface area contributed by atoms with Gasteiger partial charge in [0.1, 0.15) is 11.5 Å². The zero-order valence-electron chi connectivity index (χ0n) is 17.6. The summed E-state index contributed by atoms with van der Waals surface area (Å²) in [6.45, 7) is 0.425. The second-order valence-corrected chi connectivity index (χ2v) is 8.06. The largest absolute Gasteiger partial charge is 0.496 e. The number of hydrogen-bond donors (Lipinski definition) is 1. The number of carbonyl (C=O) groups is 1. The number of aromatic nitrogens is 1. The Kier molecular flexibility index (Phi) is 6.96. The van der Waals surface area contributed by atoms with E-state index < -0.39 is 5.82 Å². The number of amides is 1. The molecule has 0 spiro atoms. The molecule has 0 aliphatic carbocycles. The van der Waals surface area contributed by atoms with E-state index in [9.17, 15) is 9.18 Å². The highest BCUT2D eigenvalue weighted by atomic mass is 35.5. The van der Waals surface area contributed by atoms with Gasteiger partial charge in [0.25, 0.3) is 5.91 Å². The van der Waals surface area contributed by atoms with Crippen molar-refractivity contribution in [3.63, 3.8) is 0 Å². The van der Waals surface area contributed by atoms with Gasteiger partial charge >= 0.3 is 0 Å². The van der Waals surface area contributed by atoms with Crippen molar-refractivity contribution in [2.45, 2.75) is 6.42 Å². The summed E-state index contributed by atoms with van der Waals surface area (Å²) < 4.78 is 25.4. The fourth-order valence-corrected chi connectivity index (χ4v) is 3.61. The number of halogens is 3. The van der Waals surface area contributed by atoms with Crippen LogP contribution in [0, 0.1) is 5.82 Å². The maximum absolute atomic E-state index is 14.2. The number of rotatable bonds is 7. The molecule has 0 saturated heterocycles. The maximum atomic E-state index is 14.2. The van der Waals surface area contributed by atoms with Crippen LogP contribution >= 0.6 is 23.2 Å². The third-order valence-electron chi connectivity index (χ3n) is 4.99. The van der Waals surface area contributed by atoms with Gasteiger partial charge in [0.05, 0.1) is 18.2 Å². The SMILES string of the molecule is COc1cc2nccc(Oc3ccc(Cl)cc3F)c2cc1C(=O)NCCc1ccc(Cl)cc1. The van der Waals surface area contributed by atoms with Crippen molar-refractivity contribution in [3.05, 3.63) is 93.8 Å². The smallest absolute Gasteiger partial charge is 0.255 e. The van der Waals surface area contributed by atoms with Crippen LogP contribution in [0.15, 0.2) is 66.9 Å². The average molecular weight is 485 g/mol. The Bertz CT molecular complexity index is 1310. The predicted molar refractivity (Wildman–Crippen MR) is 127 cm³/mol. The Morgan fingerprint density at radius 3 is 2.45 bits per heavy atom. The normalized spacial score (nSPS) is 10.8. The number of fused-ring (bicyclic) bond motifs is 1. The van der Waals surface area contributed by atoms with E-state index >= 15 is 0 Å². The van der Waals surface area contributed by atoms with Crippen LogP contribution in [-0.4, -0.2) is 24.5 Å². The van der Waals surface area contributed by atoms with Gasteiger partial charge in [-0.25, -0.2) is 4.39 Å². The van der Waals surface area contributed by atoms with E-state index in [0.717, 1.165) is 5.56 Å². The quantitative estimate of drug-likeness (QED) is 0.327. The third kappa shape index (κ3) is 5.35. The highest BCUT2D eigenvalue weighted by Crippen LogP contribution is 2.34. The van der Waals surface area contributed by atoms with Crippen molar-refractivity contribution in [3.8, 4) is 17.2 Å². The van der Waals surface area contributed by atoms with Gasteiger partial charge in [-0.3, -0.25) is 9.78 Å². The van der Waals surface area contributed by atoms with Crippen LogP contribution in [0.2, 0.25) is 10.0 Å². The monoisotopic (exact) mass is 484 g/mol. The van der Waals surface area contributed by atoms with Crippen molar-refractivity contribution in [2.24, 2.45) is 0 Å². The molecule has 1 N–H and O–H groups in total. The van der Waals surface area contributed by atoms with Crippen LogP contribution in [0.1, 0.15) is 15.9 Å². The van der Waals surface area contributed by atoms with E-state index in [4.69, 9.17) is 32.7 Å². The molecule has 1 amide bonds. The first kappa shape index (κ1) is 22.8. The molecule has 4 aromatic rings. The summed E-state index contributed by atoms with van der Waals surface area (Å²) >= 11 is 11.7. The first-order valence-electron chi connectivity index (χ1n) is 10.1. The first-order valence-corrected chi connectivity index (χ1v) is 10.8. The third-order valence-corrected chi connectivity index (χ3v) is 5.48. The molecule has 5 nitrogen and oxygen atoms in total. The molecule has 0 aliphatic rings. The second kappa shape index (κ2) is 10.1. The predicted octanol–water partition coefficient (Wildman–Crippen LogP) is 6.45. The lowest BCUT2D eigenvalue weighted by atomic mass is 10.1. The molecule has 0 aliphatic heterocycles. The second-order valence-electron chi connectivity index (χ2n) is 7.19. The molecule has 0 radical (unpaired) electrons. The standard InChI is InChI=1S/C25H19Cl2FN2O3/c1-32-24-14-21-18(22(9-11-29-21)33-23-7-6-17(27)12-20(23)28)13-19(24)25(31)30-10-8-15-2-4-16(26)5-3-15/h2-7,9,11-14H,8,10H2,1H3,(H,30,31). The van der Waals surface area contributed by atoms with Crippen molar-refractivity contribution < 1.29 is 18.7 Å². The Labute approximate surface area is 200 Å². The number of nitrogens with zero attached hydrogens (tertiary/aromatic N) is 1. The summed E-state index contributed by atoms with van der Waals surface area (Å²) in [5, 5.41) is 4.36. The van der Waals surface area contributed by atoms with Crippen LogP contribution < -0.4 is 14.8 Å². The lowest BCUT2D eigenvalue weighted by Gasteiger charge is -2.14. The fraction of sp³-hybridized carbons (Fsp3) is 0.120. The molecule has 1 heterocycles. The summed E-state index contributed by atoms with van der Waals surface area (Å²) in [6.07, 6.45) is 2.18. The molecular formula is C25H19Cl2FN2O3. The number of ether oxygens (including phenoxy) is 2. The molecule has 8 heteroatoms. The molecule has 0 fully saturated rings. The molecule has 168 valence electrons. The van der Waals surface area contributed by atoms with Crippen LogP contribution in [0.3, 0.4) is 0 Å². The number of benzene rings is 3. The zero-order valence-corrected chi connectivity index (χ0v) is 19.1. The minimum Gasteiger partial charge on any atom is -0.496 e. The molecule has 4 rings (SSSR count). The maximum Gasteiger partial charge on any atom is 0.255 e. The molecule has 33 heavy (non-hydrogen) atoms. The number of methoxy groups -OCH3 is 1. The summed E-state index contributed by atoms with van der Waals surface area (Å²) in [5.74, 6) is -0.180. The summed E-state index contributed by atoms with van der Waals surface area (Å²) in [4.78, 5) is 17.2. The number of pyridine rings is 1. The van der Waals surface area contributed by atoms with E-state index in [1.165, 1.54) is 31.5 Å². The first-order chi connectivity index (χ1) is 15.9. The molecule has 3 aromatic carbocycles. The van der Waals surface area contributed by atoms with Crippen molar-refractivity contribution in [1.82, 2.24) is 10.3 Å². The minimum absolute atomic E-state index is 0.0108. The van der Waals surface area contributed by atoms with Crippen LogP contribution in [0.25, 0.3) is 10.9 Å². The van der Waals surface area contributed by atoms with E-state index in [1.54, 1.807) is 18.2 Å². The topological polar surface area (TPSA) is 60.5 Å². The summed E-state index contributed by atoms with van der Waals surface area (Å²) in [5.41, 5.74) is 1.90. The van der Waals surface area contributed by atoms with Gasteiger partial charge in [0.2, 0.25) is 0 Å². The van der Waals surface area contributed by atoms with Gasteiger partial charge < -0.3 is 14.8 Å². The molecule has 0 unspecified atom stereocenters. The average Bonchev–Trinajstić information content (AvgIpc) is 2.81. The van der Waals surface area contributed by atoms with Crippen LogP contribution in [0.4, 0.5) is 4.39 Å². The minimum atomic E-state index is -0.596. The lowest BCUT2D eigenvalue weighted by molar-refractivity contribution is 0.0951.